The minimum atomic E-state index is -3.86. The molecule has 3 heterocycles. The third-order valence-electron chi connectivity index (χ3n) is 9.11. The second kappa shape index (κ2) is 13.3. The first-order chi connectivity index (χ1) is 21.7. The zero-order valence-electron chi connectivity index (χ0n) is 26.8. The number of alkyl carbamates (subject to hydrolysis) is 1. The molecule has 1 aromatic rings. The Morgan fingerprint density at radius 2 is 1.89 bits per heavy atom. The van der Waals surface area contributed by atoms with E-state index in [-0.39, 0.29) is 32.6 Å². The summed E-state index contributed by atoms with van der Waals surface area (Å²) in [6.07, 6.45) is 4.61. The van der Waals surface area contributed by atoms with Gasteiger partial charge in [-0.3, -0.25) is 24.1 Å². The fourth-order valence-electron chi connectivity index (χ4n) is 6.11. The monoisotopic (exact) mass is 659 g/mol. The standard InChI is InChI=1S/C32H45N5O8S/c1-5-20-17-32(20,29(40)36-46(42,43)24-13-14-24)35-27(38)25-16-23-18-37(25)28(39)26(31(2,3)4)34-30(41)44-15-8-6-7-10-21-11-9-12-22(33-21)19-45-23/h5,9,11-12,20,23-26H,1,6-8,10,13-19H2,2-4H3,(H,34,41)(H,35,38)(H,36,40)/t20?,23-,25+,26-,32-/m1/s1. The maximum Gasteiger partial charge on any atom is 0.407 e. The number of fused-ring (bicyclic) bond motifs is 4. The van der Waals surface area contributed by atoms with Crippen molar-refractivity contribution < 1.29 is 37.1 Å². The third kappa shape index (κ3) is 7.71. The highest BCUT2D eigenvalue weighted by Gasteiger charge is 2.62. The van der Waals surface area contributed by atoms with Gasteiger partial charge in [0.2, 0.25) is 21.8 Å². The lowest BCUT2D eigenvalue weighted by molar-refractivity contribution is -0.143. The Balaban J connectivity index is 1.40. The second-order valence-corrected chi connectivity index (χ2v) is 15.8. The summed E-state index contributed by atoms with van der Waals surface area (Å²) in [6.45, 7) is 9.58. The molecule has 1 unspecified atom stereocenters. The van der Waals surface area contributed by atoms with E-state index in [0.29, 0.717) is 19.3 Å². The molecule has 5 atom stereocenters. The highest BCUT2D eigenvalue weighted by atomic mass is 32.2. The normalized spacial score (nSPS) is 29.4. The van der Waals surface area contributed by atoms with Crippen LogP contribution in [0.2, 0.25) is 0 Å². The predicted molar refractivity (Wildman–Crippen MR) is 167 cm³/mol. The number of nitrogens with zero attached hydrogens (tertiary/aromatic N) is 2. The van der Waals surface area contributed by atoms with E-state index in [2.05, 4.69) is 21.9 Å². The molecule has 4 bridgehead atoms. The van der Waals surface area contributed by atoms with Crippen molar-refractivity contribution in [1.29, 1.82) is 0 Å². The van der Waals surface area contributed by atoms with Crippen molar-refractivity contribution >= 4 is 33.8 Å². The summed E-state index contributed by atoms with van der Waals surface area (Å²) < 4.78 is 38.9. The lowest BCUT2D eigenvalue weighted by Crippen LogP contribution is -2.60. The predicted octanol–water partition coefficient (Wildman–Crippen LogP) is 2.10. The first-order valence-electron chi connectivity index (χ1n) is 16.0. The minimum absolute atomic E-state index is 0.0556. The molecular weight excluding hydrogens is 614 g/mol. The summed E-state index contributed by atoms with van der Waals surface area (Å²) in [5, 5.41) is 4.88. The van der Waals surface area contributed by atoms with Gasteiger partial charge in [-0.05, 0) is 62.5 Å². The number of nitrogens with one attached hydrogen (secondary N) is 3. The molecule has 46 heavy (non-hydrogen) atoms. The second-order valence-electron chi connectivity index (χ2n) is 13.9. The molecule has 3 fully saturated rings. The van der Waals surface area contributed by atoms with E-state index in [9.17, 15) is 27.6 Å². The molecule has 13 nitrogen and oxygen atoms in total. The molecule has 4 aliphatic rings. The van der Waals surface area contributed by atoms with E-state index in [0.717, 1.165) is 30.7 Å². The van der Waals surface area contributed by atoms with E-state index >= 15 is 0 Å². The quantitative estimate of drug-likeness (QED) is 0.387. The molecule has 5 rings (SSSR count). The van der Waals surface area contributed by atoms with Gasteiger partial charge in [0.05, 0.1) is 30.3 Å². The number of carbonyl (C=O) groups excluding carboxylic acids is 4. The van der Waals surface area contributed by atoms with Gasteiger partial charge >= 0.3 is 6.09 Å². The molecule has 4 amide bonds. The van der Waals surface area contributed by atoms with Crippen LogP contribution in [0.1, 0.15) is 77.1 Å². The van der Waals surface area contributed by atoms with Crippen LogP contribution in [-0.2, 0) is 46.9 Å². The van der Waals surface area contributed by atoms with E-state index in [1.165, 1.54) is 11.0 Å². The Morgan fingerprint density at radius 3 is 2.57 bits per heavy atom. The Kier molecular flexibility index (Phi) is 9.78. The van der Waals surface area contributed by atoms with Gasteiger partial charge < -0.3 is 25.0 Å². The molecule has 2 saturated carbocycles. The Labute approximate surface area is 270 Å². The number of hydrogen-bond acceptors (Lipinski definition) is 9. The Bertz CT molecular complexity index is 1470. The SMILES string of the molecule is C=CC1C[C@]1(NC(=O)[C@@H]1C[C@@H]2CN1C(=O)[C@H](C(C)(C)C)NC(=O)OCCCCCc1cccc(n1)CO2)C(=O)NS(=O)(=O)C1CC1. The van der Waals surface area contributed by atoms with Gasteiger partial charge in [0.25, 0.3) is 5.91 Å². The fourth-order valence-corrected chi connectivity index (χ4v) is 7.47. The maximum absolute atomic E-state index is 14.2. The lowest BCUT2D eigenvalue weighted by Gasteiger charge is -2.35. The number of cyclic esters (lactones) is 1. The number of rotatable bonds is 6. The van der Waals surface area contributed by atoms with Crippen molar-refractivity contribution in [3.05, 3.63) is 42.2 Å². The number of ether oxygens (including phenoxy) is 2. The number of carbonyl (C=O) groups is 4. The Hall–Kier alpha value is -3.52. The van der Waals surface area contributed by atoms with E-state index < -0.39 is 74.1 Å². The number of aromatic nitrogens is 1. The topological polar surface area (TPSA) is 173 Å². The van der Waals surface area contributed by atoms with E-state index in [4.69, 9.17) is 14.5 Å². The van der Waals surface area contributed by atoms with Gasteiger partial charge in [-0.25, -0.2) is 13.2 Å². The average molecular weight is 660 g/mol. The number of sulfonamides is 1. The summed E-state index contributed by atoms with van der Waals surface area (Å²) in [7, 11) is -3.86. The molecule has 0 spiro atoms. The minimum Gasteiger partial charge on any atom is -0.450 e. The van der Waals surface area contributed by atoms with Crippen molar-refractivity contribution in [2.45, 2.75) is 108 Å². The maximum atomic E-state index is 14.2. The largest absolute Gasteiger partial charge is 0.450 e. The van der Waals surface area contributed by atoms with Crippen LogP contribution in [0, 0.1) is 11.3 Å². The van der Waals surface area contributed by atoms with Crippen LogP contribution >= 0.6 is 0 Å². The van der Waals surface area contributed by atoms with Gasteiger partial charge in [-0.2, -0.15) is 0 Å². The van der Waals surface area contributed by atoms with E-state index in [1.807, 2.05) is 18.2 Å². The molecule has 1 aromatic heterocycles. The molecule has 2 aliphatic carbocycles. The van der Waals surface area contributed by atoms with Crippen molar-refractivity contribution in [2.24, 2.45) is 11.3 Å². The summed E-state index contributed by atoms with van der Waals surface area (Å²) in [5.74, 6) is -2.42. The smallest absolute Gasteiger partial charge is 0.407 e. The van der Waals surface area contributed by atoms with Gasteiger partial charge in [0, 0.05) is 24.6 Å². The van der Waals surface area contributed by atoms with Crippen LogP contribution in [-0.4, -0.2) is 84.2 Å². The Morgan fingerprint density at radius 1 is 1.15 bits per heavy atom. The number of aryl methyl sites for hydroxylation is 1. The van der Waals surface area contributed by atoms with Crippen LogP contribution in [0.4, 0.5) is 4.79 Å². The first kappa shape index (κ1) is 33.8. The molecular formula is C32H45N5O8S. The van der Waals surface area contributed by atoms with Crippen molar-refractivity contribution in [3.63, 3.8) is 0 Å². The summed E-state index contributed by atoms with van der Waals surface area (Å²) in [4.78, 5) is 60.4. The molecule has 0 radical (unpaired) electrons. The average Bonchev–Trinajstić information content (AvgIpc) is 3.92. The zero-order valence-corrected chi connectivity index (χ0v) is 27.6. The van der Waals surface area contributed by atoms with Gasteiger partial charge in [0.15, 0.2) is 0 Å². The van der Waals surface area contributed by atoms with Crippen LogP contribution in [0.3, 0.4) is 0 Å². The molecule has 0 aromatic carbocycles. The highest BCUT2D eigenvalue weighted by Crippen LogP contribution is 2.45. The first-order valence-corrected chi connectivity index (χ1v) is 17.6. The molecule has 1 saturated heterocycles. The number of hydrogen-bond donors (Lipinski definition) is 3. The van der Waals surface area contributed by atoms with Gasteiger partial charge in [-0.1, -0.05) is 32.9 Å². The number of amides is 4. The van der Waals surface area contributed by atoms with Gasteiger partial charge in [0.1, 0.15) is 17.6 Å². The van der Waals surface area contributed by atoms with Crippen LogP contribution in [0.5, 0.6) is 0 Å². The van der Waals surface area contributed by atoms with Gasteiger partial charge in [-0.15, -0.1) is 6.58 Å². The molecule has 2 aliphatic heterocycles. The summed E-state index contributed by atoms with van der Waals surface area (Å²) in [5.41, 5.74) is -0.602. The molecule has 14 heteroatoms. The van der Waals surface area contributed by atoms with Crippen LogP contribution in [0.25, 0.3) is 0 Å². The third-order valence-corrected chi connectivity index (χ3v) is 10.9. The van der Waals surface area contributed by atoms with Crippen molar-refractivity contribution in [1.82, 2.24) is 25.2 Å². The summed E-state index contributed by atoms with van der Waals surface area (Å²) in [6, 6.07) is 3.64. The molecule has 252 valence electrons. The zero-order chi connectivity index (χ0) is 33.3. The number of pyridine rings is 1. The highest BCUT2D eigenvalue weighted by molar-refractivity contribution is 7.91. The summed E-state index contributed by atoms with van der Waals surface area (Å²) >= 11 is 0. The molecule has 3 N–H and O–H groups in total. The van der Waals surface area contributed by atoms with Crippen molar-refractivity contribution in [3.8, 4) is 0 Å². The van der Waals surface area contributed by atoms with Crippen LogP contribution < -0.4 is 15.4 Å². The van der Waals surface area contributed by atoms with E-state index in [1.54, 1.807) is 20.8 Å². The van der Waals surface area contributed by atoms with Crippen LogP contribution in [0.15, 0.2) is 30.9 Å². The van der Waals surface area contributed by atoms with Crippen molar-refractivity contribution in [2.75, 3.05) is 13.2 Å². The lowest BCUT2D eigenvalue weighted by atomic mass is 9.85. The fraction of sp³-hybridized carbons (Fsp3) is 0.656.